The molecule has 0 spiro atoms. The molecule has 2 aromatic rings. The lowest BCUT2D eigenvalue weighted by molar-refractivity contribution is -0.127. The molecule has 4 heterocycles. The molecule has 2 aliphatic heterocycles. The van der Waals surface area contributed by atoms with Gasteiger partial charge in [0.1, 0.15) is 11.6 Å². The number of amides is 2. The Morgan fingerprint density at radius 3 is 2.43 bits per heavy atom. The molecule has 4 rings (SSSR count). The number of aromatic nitrogens is 2. The summed E-state index contributed by atoms with van der Waals surface area (Å²) in [6, 6.07) is 9.55. The average molecular weight is 409 g/mol. The van der Waals surface area contributed by atoms with Crippen LogP contribution in [0.15, 0.2) is 42.7 Å². The van der Waals surface area contributed by atoms with Crippen LogP contribution in [0.4, 0.5) is 11.6 Å². The van der Waals surface area contributed by atoms with Crippen molar-refractivity contribution in [2.24, 2.45) is 0 Å². The molecule has 8 heteroatoms. The molecule has 2 aromatic heterocycles. The van der Waals surface area contributed by atoms with Crippen LogP contribution in [0.25, 0.3) is 0 Å². The van der Waals surface area contributed by atoms with Gasteiger partial charge in [-0.15, -0.1) is 0 Å². The highest BCUT2D eigenvalue weighted by atomic mass is 16.2. The van der Waals surface area contributed by atoms with Crippen LogP contribution in [0.3, 0.4) is 0 Å². The maximum Gasteiger partial charge on any atom is 0.251 e. The second-order valence-corrected chi connectivity index (χ2v) is 7.66. The standard InChI is InChI=1S/C22H28N6O2/c29-21-6-3-11-28(21)12-4-9-25-22(30)18-7-10-24-20(17-18)27-15-13-26(14-16-27)19-5-1-2-8-23-19/h1-2,5,7-8,10,17H,3-4,6,9,11-16H2,(H,25,30). The number of rotatable bonds is 7. The third kappa shape index (κ3) is 4.87. The highest BCUT2D eigenvalue weighted by Crippen LogP contribution is 2.18. The van der Waals surface area contributed by atoms with Crippen LogP contribution in [-0.2, 0) is 4.79 Å². The van der Waals surface area contributed by atoms with Gasteiger partial charge < -0.3 is 20.0 Å². The van der Waals surface area contributed by atoms with Crippen molar-refractivity contribution >= 4 is 23.5 Å². The minimum atomic E-state index is -0.0986. The Morgan fingerprint density at radius 2 is 1.73 bits per heavy atom. The third-order valence-electron chi connectivity index (χ3n) is 5.65. The van der Waals surface area contributed by atoms with Gasteiger partial charge in [0.05, 0.1) is 0 Å². The van der Waals surface area contributed by atoms with Crippen molar-refractivity contribution in [1.82, 2.24) is 20.2 Å². The van der Waals surface area contributed by atoms with E-state index in [0.717, 1.165) is 57.2 Å². The quantitative estimate of drug-likeness (QED) is 0.700. The minimum absolute atomic E-state index is 0.0986. The lowest BCUT2D eigenvalue weighted by Crippen LogP contribution is -2.47. The van der Waals surface area contributed by atoms with Crippen LogP contribution in [0.1, 0.15) is 29.6 Å². The molecule has 0 bridgehead atoms. The summed E-state index contributed by atoms with van der Waals surface area (Å²) in [5.74, 6) is 1.95. The molecular weight excluding hydrogens is 380 g/mol. The first-order valence-electron chi connectivity index (χ1n) is 10.6. The van der Waals surface area contributed by atoms with Crippen molar-refractivity contribution < 1.29 is 9.59 Å². The van der Waals surface area contributed by atoms with E-state index in [0.29, 0.717) is 25.1 Å². The van der Waals surface area contributed by atoms with E-state index in [2.05, 4.69) is 25.1 Å². The van der Waals surface area contributed by atoms with Crippen molar-refractivity contribution in [2.45, 2.75) is 19.3 Å². The number of carbonyl (C=O) groups excluding carboxylic acids is 2. The fourth-order valence-electron chi connectivity index (χ4n) is 3.95. The van der Waals surface area contributed by atoms with Crippen LogP contribution in [0.2, 0.25) is 0 Å². The SMILES string of the molecule is O=C(NCCCN1CCCC1=O)c1ccnc(N2CCN(c3ccccn3)CC2)c1. The van der Waals surface area contributed by atoms with Gasteiger partial charge in [-0.3, -0.25) is 9.59 Å². The van der Waals surface area contributed by atoms with E-state index in [4.69, 9.17) is 0 Å². The van der Waals surface area contributed by atoms with Crippen molar-refractivity contribution in [3.8, 4) is 0 Å². The van der Waals surface area contributed by atoms with Crippen molar-refractivity contribution in [3.05, 3.63) is 48.3 Å². The number of nitrogens with one attached hydrogen (secondary N) is 1. The molecule has 0 atom stereocenters. The van der Waals surface area contributed by atoms with Crippen LogP contribution in [0, 0.1) is 0 Å². The Labute approximate surface area is 176 Å². The lowest BCUT2D eigenvalue weighted by atomic mass is 10.2. The largest absolute Gasteiger partial charge is 0.353 e. The molecule has 0 aromatic carbocycles. The Kier molecular flexibility index (Phi) is 6.41. The fraction of sp³-hybridized carbons (Fsp3) is 0.455. The molecule has 0 unspecified atom stereocenters. The highest BCUT2D eigenvalue weighted by Gasteiger charge is 2.21. The molecule has 2 saturated heterocycles. The zero-order valence-corrected chi connectivity index (χ0v) is 17.2. The number of hydrogen-bond acceptors (Lipinski definition) is 6. The minimum Gasteiger partial charge on any atom is -0.353 e. The van der Waals surface area contributed by atoms with E-state index >= 15 is 0 Å². The van der Waals surface area contributed by atoms with E-state index in [1.54, 1.807) is 12.3 Å². The van der Waals surface area contributed by atoms with Gasteiger partial charge in [-0.1, -0.05) is 6.07 Å². The smallest absolute Gasteiger partial charge is 0.251 e. The normalized spacial score (nSPS) is 16.8. The second-order valence-electron chi connectivity index (χ2n) is 7.66. The number of piperazine rings is 1. The maximum absolute atomic E-state index is 12.5. The summed E-state index contributed by atoms with van der Waals surface area (Å²) in [5, 5.41) is 2.96. The zero-order chi connectivity index (χ0) is 20.8. The van der Waals surface area contributed by atoms with Crippen LogP contribution < -0.4 is 15.1 Å². The maximum atomic E-state index is 12.5. The van der Waals surface area contributed by atoms with Crippen LogP contribution in [0.5, 0.6) is 0 Å². The molecule has 8 nitrogen and oxygen atoms in total. The molecule has 30 heavy (non-hydrogen) atoms. The van der Waals surface area contributed by atoms with Crippen LogP contribution >= 0.6 is 0 Å². The summed E-state index contributed by atoms with van der Waals surface area (Å²) in [4.78, 5) is 39.4. The Bertz CT molecular complexity index is 867. The number of anilines is 2. The highest BCUT2D eigenvalue weighted by molar-refractivity contribution is 5.94. The summed E-state index contributed by atoms with van der Waals surface area (Å²) in [6.07, 6.45) is 5.88. The summed E-state index contributed by atoms with van der Waals surface area (Å²) < 4.78 is 0. The monoisotopic (exact) mass is 408 g/mol. The molecule has 158 valence electrons. The van der Waals surface area contributed by atoms with Crippen molar-refractivity contribution in [1.29, 1.82) is 0 Å². The molecule has 2 aliphatic rings. The van der Waals surface area contributed by atoms with Gasteiger partial charge in [0.25, 0.3) is 5.91 Å². The van der Waals surface area contributed by atoms with Gasteiger partial charge in [-0.05, 0) is 37.1 Å². The predicted octanol–water partition coefficient (Wildman–Crippen LogP) is 1.55. The molecule has 0 saturated carbocycles. The summed E-state index contributed by atoms with van der Waals surface area (Å²) in [7, 11) is 0. The Morgan fingerprint density at radius 1 is 0.967 bits per heavy atom. The summed E-state index contributed by atoms with van der Waals surface area (Å²) in [6.45, 7) is 5.50. The van der Waals surface area contributed by atoms with E-state index in [1.807, 2.05) is 35.4 Å². The van der Waals surface area contributed by atoms with Crippen molar-refractivity contribution in [3.63, 3.8) is 0 Å². The fourth-order valence-corrected chi connectivity index (χ4v) is 3.95. The number of pyridine rings is 2. The van der Waals surface area contributed by atoms with E-state index in [-0.39, 0.29) is 11.8 Å². The predicted molar refractivity (Wildman–Crippen MR) is 116 cm³/mol. The van der Waals surface area contributed by atoms with Gasteiger partial charge in [-0.2, -0.15) is 0 Å². The summed E-state index contributed by atoms with van der Waals surface area (Å²) >= 11 is 0. The van der Waals surface area contributed by atoms with Gasteiger partial charge in [-0.25, -0.2) is 9.97 Å². The lowest BCUT2D eigenvalue weighted by Gasteiger charge is -2.36. The van der Waals surface area contributed by atoms with E-state index < -0.39 is 0 Å². The van der Waals surface area contributed by atoms with Gasteiger partial charge in [0.15, 0.2) is 0 Å². The molecule has 0 aliphatic carbocycles. The van der Waals surface area contributed by atoms with Gasteiger partial charge >= 0.3 is 0 Å². The molecule has 1 N–H and O–H groups in total. The topological polar surface area (TPSA) is 81.7 Å². The van der Waals surface area contributed by atoms with Gasteiger partial charge in [0.2, 0.25) is 5.91 Å². The second kappa shape index (κ2) is 9.56. The van der Waals surface area contributed by atoms with E-state index in [9.17, 15) is 9.59 Å². The van der Waals surface area contributed by atoms with Crippen molar-refractivity contribution in [2.75, 3.05) is 55.6 Å². The first-order chi connectivity index (χ1) is 14.7. The Hall–Kier alpha value is -3.16. The number of nitrogens with zero attached hydrogens (tertiary/aromatic N) is 5. The van der Waals surface area contributed by atoms with E-state index in [1.165, 1.54) is 0 Å². The number of likely N-dealkylation sites (tertiary alicyclic amines) is 1. The average Bonchev–Trinajstić information content (AvgIpc) is 3.22. The Balaban J connectivity index is 1.26. The first-order valence-corrected chi connectivity index (χ1v) is 10.6. The third-order valence-corrected chi connectivity index (χ3v) is 5.65. The zero-order valence-electron chi connectivity index (χ0n) is 17.2. The molecule has 2 fully saturated rings. The molecular formula is C22H28N6O2. The number of hydrogen-bond donors (Lipinski definition) is 1. The van der Waals surface area contributed by atoms with Crippen LogP contribution in [-0.4, -0.2) is 72.5 Å². The molecule has 2 amide bonds. The number of carbonyl (C=O) groups is 2. The molecule has 0 radical (unpaired) electrons. The van der Waals surface area contributed by atoms with Gasteiger partial charge in [0, 0.05) is 70.2 Å². The first kappa shape index (κ1) is 20.1. The summed E-state index contributed by atoms with van der Waals surface area (Å²) in [5.41, 5.74) is 0.615.